The Morgan fingerprint density at radius 2 is 2.30 bits per heavy atom. The van der Waals surface area contributed by atoms with Crippen molar-refractivity contribution in [2.24, 2.45) is 0 Å². The van der Waals surface area contributed by atoms with Crippen molar-refractivity contribution in [2.45, 2.75) is 25.8 Å². The molecule has 0 saturated carbocycles. The standard InChI is InChI=1S/C14H18FN3O2/c1-2-6-16-13-10(4-3-5-11(13)15)14(20)18-9-7-12(19)17-8-9/h3-5,9,16H,2,6-8H2,1H3,(H,17,19)(H,18,20). The van der Waals surface area contributed by atoms with Crippen LogP contribution in [0.1, 0.15) is 30.1 Å². The summed E-state index contributed by atoms with van der Waals surface area (Å²) in [5.74, 6) is -0.907. The third kappa shape index (κ3) is 3.26. The smallest absolute Gasteiger partial charge is 0.253 e. The Labute approximate surface area is 116 Å². The van der Waals surface area contributed by atoms with Crippen LogP contribution in [0.15, 0.2) is 18.2 Å². The molecule has 6 heteroatoms. The number of anilines is 1. The predicted octanol–water partition coefficient (Wildman–Crippen LogP) is 1.27. The van der Waals surface area contributed by atoms with Crippen LogP contribution in [0.5, 0.6) is 0 Å². The van der Waals surface area contributed by atoms with Gasteiger partial charge in [-0.05, 0) is 18.6 Å². The first-order chi connectivity index (χ1) is 9.61. The minimum absolute atomic E-state index is 0.0844. The first kappa shape index (κ1) is 14.3. The fourth-order valence-electron chi connectivity index (χ4n) is 2.11. The van der Waals surface area contributed by atoms with Crippen molar-refractivity contribution < 1.29 is 14.0 Å². The van der Waals surface area contributed by atoms with E-state index in [0.29, 0.717) is 13.1 Å². The Balaban J connectivity index is 2.12. The van der Waals surface area contributed by atoms with Gasteiger partial charge in [-0.1, -0.05) is 13.0 Å². The highest BCUT2D eigenvalue weighted by atomic mass is 19.1. The maximum Gasteiger partial charge on any atom is 0.253 e. The second-order valence-electron chi connectivity index (χ2n) is 4.77. The predicted molar refractivity (Wildman–Crippen MR) is 74.1 cm³/mol. The molecule has 1 aliphatic rings. The summed E-state index contributed by atoms with van der Waals surface area (Å²) in [6.07, 6.45) is 1.09. The summed E-state index contributed by atoms with van der Waals surface area (Å²) < 4.78 is 13.8. The zero-order valence-electron chi connectivity index (χ0n) is 11.3. The molecule has 1 saturated heterocycles. The van der Waals surface area contributed by atoms with Crippen molar-refractivity contribution in [1.29, 1.82) is 0 Å². The number of halogens is 1. The van der Waals surface area contributed by atoms with E-state index in [1.54, 1.807) is 6.07 Å². The third-order valence-corrected chi connectivity index (χ3v) is 3.12. The van der Waals surface area contributed by atoms with Gasteiger partial charge in [0.1, 0.15) is 5.82 Å². The molecule has 0 spiro atoms. The van der Waals surface area contributed by atoms with Crippen LogP contribution in [0.4, 0.5) is 10.1 Å². The van der Waals surface area contributed by atoms with E-state index in [4.69, 9.17) is 0 Å². The van der Waals surface area contributed by atoms with Gasteiger partial charge in [0.25, 0.3) is 5.91 Å². The molecular formula is C14H18FN3O2. The molecule has 2 amide bonds. The topological polar surface area (TPSA) is 70.2 Å². The fraction of sp³-hybridized carbons (Fsp3) is 0.429. The second kappa shape index (κ2) is 6.36. The first-order valence-corrected chi connectivity index (χ1v) is 6.71. The van der Waals surface area contributed by atoms with E-state index in [1.165, 1.54) is 12.1 Å². The average molecular weight is 279 g/mol. The highest BCUT2D eigenvalue weighted by molar-refractivity contribution is 6.00. The minimum Gasteiger partial charge on any atom is -0.382 e. The fourth-order valence-corrected chi connectivity index (χ4v) is 2.11. The molecule has 0 aromatic heterocycles. The van der Waals surface area contributed by atoms with Crippen molar-refractivity contribution in [1.82, 2.24) is 10.6 Å². The molecule has 1 heterocycles. The Morgan fingerprint density at radius 3 is 2.95 bits per heavy atom. The van der Waals surface area contributed by atoms with Crippen molar-refractivity contribution in [3.8, 4) is 0 Å². The number of nitrogens with one attached hydrogen (secondary N) is 3. The molecule has 1 aromatic rings. The summed E-state index contributed by atoms with van der Waals surface area (Å²) in [4.78, 5) is 23.3. The number of amides is 2. The monoisotopic (exact) mass is 279 g/mol. The summed E-state index contributed by atoms with van der Waals surface area (Å²) in [7, 11) is 0. The van der Waals surface area contributed by atoms with Crippen LogP contribution < -0.4 is 16.0 Å². The second-order valence-corrected chi connectivity index (χ2v) is 4.77. The van der Waals surface area contributed by atoms with Crippen molar-refractivity contribution >= 4 is 17.5 Å². The van der Waals surface area contributed by atoms with Gasteiger partial charge in [0.05, 0.1) is 17.3 Å². The van der Waals surface area contributed by atoms with Gasteiger partial charge in [0.2, 0.25) is 5.91 Å². The van der Waals surface area contributed by atoms with Gasteiger partial charge in [-0.2, -0.15) is 0 Å². The van der Waals surface area contributed by atoms with Crippen molar-refractivity contribution in [2.75, 3.05) is 18.4 Å². The van der Waals surface area contributed by atoms with Crippen LogP contribution in [-0.4, -0.2) is 30.9 Å². The number of carbonyl (C=O) groups excluding carboxylic acids is 2. The zero-order chi connectivity index (χ0) is 14.5. The van der Waals surface area contributed by atoms with Crippen LogP contribution in [0, 0.1) is 5.82 Å². The molecule has 108 valence electrons. The van der Waals surface area contributed by atoms with Gasteiger partial charge >= 0.3 is 0 Å². The van der Waals surface area contributed by atoms with Crippen LogP contribution in [-0.2, 0) is 4.79 Å². The summed E-state index contributed by atoms with van der Waals surface area (Å²) in [6.45, 7) is 2.96. The SMILES string of the molecule is CCCNc1c(F)cccc1C(=O)NC1CNC(=O)C1. The quantitative estimate of drug-likeness (QED) is 0.760. The number of para-hydroxylation sites is 1. The number of benzene rings is 1. The van der Waals surface area contributed by atoms with E-state index >= 15 is 0 Å². The lowest BCUT2D eigenvalue weighted by atomic mass is 10.1. The lowest BCUT2D eigenvalue weighted by Crippen LogP contribution is -2.36. The molecule has 1 unspecified atom stereocenters. The Hall–Kier alpha value is -2.11. The number of hydrogen-bond acceptors (Lipinski definition) is 3. The van der Waals surface area contributed by atoms with Gasteiger partial charge in [0, 0.05) is 19.5 Å². The van der Waals surface area contributed by atoms with E-state index < -0.39 is 5.82 Å². The van der Waals surface area contributed by atoms with Gasteiger partial charge in [0.15, 0.2) is 0 Å². The van der Waals surface area contributed by atoms with Gasteiger partial charge in [-0.15, -0.1) is 0 Å². The molecule has 0 aliphatic carbocycles. The maximum atomic E-state index is 13.8. The molecule has 1 aromatic carbocycles. The Morgan fingerprint density at radius 1 is 1.50 bits per heavy atom. The molecule has 2 rings (SSSR count). The van der Waals surface area contributed by atoms with Crippen LogP contribution in [0.3, 0.4) is 0 Å². The van der Waals surface area contributed by atoms with Crippen LogP contribution in [0.25, 0.3) is 0 Å². The lowest BCUT2D eigenvalue weighted by molar-refractivity contribution is -0.119. The number of hydrogen-bond donors (Lipinski definition) is 3. The van der Waals surface area contributed by atoms with Crippen molar-refractivity contribution in [3.05, 3.63) is 29.6 Å². The Kier molecular flexibility index (Phi) is 4.55. The van der Waals surface area contributed by atoms with E-state index in [1.807, 2.05) is 6.92 Å². The van der Waals surface area contributed by atoms with E-state index in [9.17, 15) is 14.0 Å². The number of rotatable bonds is 5. The Bertz CT molecular complexity index is 519. The molecular weight excluding hydrogens is 261 g/mol. The summed E-state index contributed by atoms with van der Waals surface area (Å²) in [5, 5.41) is 8.31. The number of carbonyl (C=O) groups is 2. The van der Waals surface area contributed by atoms with Gasteiger partial charge < -0.3 is 16.0 Å². The van der Waals surface area contributed by atoms with E-state index in [0.717, 1.165) is 6.42 Å². The van der Waals surface area contributed by atoms with Crippen molar-refractivity contribution in [3.63, 3.8) is 0 Å². The normalized spacial score (nSPS) is 17.7. The summed E-state index contributed by atoms with van der Waals surface area (Å²) in [6, 6.07) is 4.15. The minimum atomic E-state index is -0.452. The average Bonchev–Trinajstić information content (AvgIpc) is 2.82. The molecule has 3 N–H and O–H groups in total. The summed E-state index contributed by atoms with van der Waals surface area (Å²) >= 11 is 0. The molecule has 1 aliphatic heterocycles. The maximum absolute atomic E-state index is 13.8. The largest absolute Gasteiger partial charge is 0.382 e. The van der Waals surface area contributed by atoms with Crippen LogP contribution >= 0.6 is 0 Å². The lowest BCUT2D eigenvalue weighted by Gasteiger charge is -2.15. The third-order valence-electron chi connectivity index (χ3n) is 3.12. The van der Waals surface area contributed by atoms with Gasteiger partial charge in [-0.25, -0.2) is 4.39 Å². The molecule has 1 atom stereocenters. The highest BCUT2D eigenvalue weighted by Gasteiger charge is 2.24. The molecule has 20 heavy (non-hydrogen) atoms. The molecule has 5 nitrogen and oxygen atoms in total. The first-order valence-electron chi connectivity index (χ1n) is 6.71. The van der Waals surface area contributed by atoms with E-state index in [2.05, 4.69) is 16.0 Å². The summed E-state index contributed by atoms with van der Waals surface area (Å²) in [5.41, 5.74) is 0.474. The van der Waals surface area contributed by atoms with Crippen LogP contribution in [0.2, 0.25) is 0 Å². The van der Waals surface area contributed by atoms with Gasteiger partial charge in [-0.3, -0.25) is 9.59 Å². The zero-order valence-corrected chi connectivity index (χ0v) is 11.3. The van der Waals surface area contributed by atoms with E-state index in [-0.39, 0.29) is 35.5 Å². The molecule has 0 radical (unpaired) electrons. The molecule has 1 fully saturated rings. The molecule has 0 bridgehead atoms. The highest BCUT2D eigenvalue weighted by Crippen LogP contribution is 2.20.